The Kier molecular flexibility index (Phi) is 7.86. The van der Waals surface area contributed by atoms with Gasteiger partial charge in [0.1, 0.15) is 12.4 Å². The molecule has 106 valence electrons. The van der Waals surface area contributed by atoms with E-state index in [9.17, 15) is 4.79 Å². The minimum Gasteiger partial charge on any atom is -0.490 e. The SMILES string of the molecule is CCCOCCC(=O)c1ccccc1OCCOC. The van der Waals surface area contributed by atoms with Gasteiger partial charge in [-0.3, -0.25) is 4.79 Å². The molecule has 19 heavy (non-hydrogen) atoms. The Labute approximate surface area is 114 Å². The quantitative estimate of drug-likeness (QED) is 0.482. The van der Waals surface area contributed by atoms with Gasteiger partial charge in [-0.05, 0) is 18.6 Å². The van der Waals surface area contributed by atoms with Crippen LogP contribution in [0.15, 0.2) is 24.3 Å². The molecule has 0 aliphatic rings. The van der Waals surface area contributed by atoms with E-state index in [1.807, 2.05) is 19.1 Å². The number of ketones is 1. The second-order valence-electron chi connectivity index (χ2n) is 4.12. The maximum Gasteiger partial charge on any atom is 0.168 e. The first-order valence-corrected chi connectivity index (χ1v) is 6.61. The summed E-state index contributed by atoms with van der Waals surface area (Å²) in [5, 5.41) is 0. The molecule has 0 amide bonds. The number of hydrogen-bond donors (Lipinski definition) is 0. The first kappa shape index (κ1) is 15.7. The van der Waals surface area contributed by atoms with Crippen LogP contribution in [0.3, 0.4) is 0 Å². The zero-order valence-corrected chi connectivity index (χ0v) is 11.7. The fourth-order valence-corrected chi connectivity index (χ4v) is 1.60. The standard InChI is InChI=1S/C15H22O4/c1-3-9-18-10-8-14(16)13-6-4-5-7-15(13)19-12-11-17-2/h4-7H,3,8-12H2,1-2H3. The highest BCUT2D eigenvalue weighted by molar-refractivity contribution is 5.98. The van der Waals surface area contributed by atoms with E-state index < -0.39 is 0 Å². The van der Waals surface area contributed by atoms with Crippen LogP contribution in [0.4, 0.5) is 0 Å². The molecule has 0 aliphatic heterocycles. The second-order valence-corrected chi connectivity index (χ2v) is 4.12. The van der Waals surface area contributed by atoms with Crippen molar-refractivity contribution in [2.45, 2.75) is 19.8 Å². The molecule has 0 fully saturated rings. The molecule has 0 aliphatic carbocycles. The molecule has 4 nitrogen and oxygen atoms in total. The molecule has 1 aromatic rings. The number of methoxy groups -OCH3 is 1. The second kappa shape index (κ2) is 9.53. The number of para-hydroxylation sites is 1. The van der Waals surface area contributed by atoms with Crippen molar-refractivity contribution < 1.29 is 19.0 Å². The Morgan fingerprint density at radius 1 is 1.11 bits per heavy atom. The number of hydrogen-bond acceptors (Lipinski definition) is 4. The van der Waals surface area contributed by atoms with Crippen LogP contribution in [-0.2, 0) is 9.47 Å². The van der Waals surface area contributed by atoms with Crippen molar-refractivity contribution in [3.8, 4) is 5.75 Å². The molecule has 0 N–H and O–H groups in total. The Morgan fingerprint density at radius 3 is 2.63 bits per heavy atom. The fourth-order valence-electron chi connectivity index (χ4n) is 1.60. The van der Waals surface area contributed by atoms with Gasteiger partial charge in [-0.25, -0.2) is 0 Å². The van der Waals surface area contributed by atoms with Gasteiger partial charge in [-0.2, -0.15) is 0 Å². The Morgan fingerprint density at radius 2 is 1.89 bits per heavy atom. The summed E-state index contributed by atoms with van der Waals surface area (Å²) in [6, 6.07) is 7.27. The van der Waals surface area contributed by atoms with E-state index in [4.69, 9.17) is 14.2 Å². The summed E-state index contributed by atoms with van der Waals surface area (Å²) in [7, 11) is 1.62. The van der Waals surface area contributed by atoms with Gasteiger partial charge in [0.15, 0.2) is 5.78 Å². The lowest BCUT2D eigenvalue weighted by Gasteiger charge is -2.10. The predicted molar refractivity (Wildman–Crippen MR) is 73.9 cm³/mol. The first-order valence-electron chi connectivity index (χ1n) is 6.61. The van der Waals surface area contributed by atoms with E-state index in [1.165, 1.54) is 0 Å². The van der Waals surface area contributed by atoms with Crippen molar-refractivity contribution in [2.75, 3.05) is 33.5 Å². The zero-order valence-electron chi connectivity index (χ0n) is 11.7. The summed E-state index contributed by atoms with van der Waals surface area (Å²) < 4.78 is 15.8. The Bertz CT molecular complexity index is 376. The molecule has 0 bridgehead atoms. The van der Waals surface area contributed by atoms with Crippen LogP contribution in [0.2, 0.25) is 0 Å². The molecule has 0 atom stereocenters. The van der Waals surface area contributed by atoms with E-state index >= 15 is 0 Å². The van der Waals surface area contributed by atoms with Gasteiger partial charge in [-0.1, -0.05) is 19.1 Å². The fraction of sp³-hybridized carbons (Fsp3) is 0.533. The number of rotatable bonds is 10. The highest BCUT2D eigenvalue weighted by atomic mass is 16.5. The number of carbonyl (C=O) groups excluding carboxylic acids is 1. The van der Waals surface area contributed by atoms with Gasteiger partial charge in [0.25, 0.3) is 0 Å². The molecule has 1 aromatic carbocycles. The van der Waals surface area contributed by atoms with Crippen molar-refractivity contribution in [1.82, 2.24) is 0 Å². The van der Waals surface area contributed by atoms with Gasteiger partial charge in [-0.15, -0.1) is 0 Å². The van der Waals surface area contributed by atoms with Crippen molar-refractivity contribution in [1.29, 1.82) is 0 Å². The normalized spacial score (nSPS) is 10.4. The Balaban J connectivity index is 2.52. The van der Waals surface area contributed by atoms with Gasteiger partial charge in [0.05, 0.1) is 18.8 Å². The third-order valence-electron chi connectivity index (χ3n) is 2.55. The maximum atomic E-state index is 12.1. The van der Waals surface area contributed by atoms with E-state index in [-0.39, 0.29) is 5.78 Å². The molecule has 1 rings (SSSR count). The third-order valence-corrected chi connectivity index (χ3v) is 2.55. The van der Waals surface area contributed by atoms with Crippen molar-refractivity contribution in [3.63, 3.8) is 0 Å². The molecule has 0 spiro atoms. The first-order chi connectivity index (χ1) is 9.29. The van der Waals surface area contributed by atoms with Crippen LogP contribution in [0.25, 0.3) is 0 Å². The summed E-state index contributed by atoms with van der Waals surface area (Å²) in [5.74, 6) is 0.657. The number of benzene rings is 1. The van der Waals surface area contributed by atoms with Crippen molar-refractivity contribution >= 4 is 5.78 Å². The molecule has 0 aromatic heterocycles. The van der Waals surface area contributed by atoms with Crippen LogP contribution >= 0.6 is 0 Å². The minimum absolute atomic E-state index is 0.0455. The van der Waals surface area contributed by atoms with Gasteiger partial charge < -0.3 is 14.2 Å². The molecule has 4 heteroatoms. The molecule has 0 unspecified atom stereocenters. The largest absolute Gasteiger partial charge is 0.490 e. The van der Waals surface area contributed by atoms with Gasteiger partial charge in [0.2, 0.25) is 0 Å². The van der Waals surface area contributed by atoms with Crippen LogP contribution in [0.5, 0.6) is 5.75 Å². The average molecular weight is 266 g/mol. The lowest BCUT2D eigenvalue weighted by atomic mass is 10.1. The highest BCUT2D eigenvalue weighted by Gasteiger charge is 2.11. The topological polar surface area (TPSA) is 44.8 Å². The van der Waals surface area contributed by atoms with Crippen LogP contribution < -0.4 is 4.74 Å². The molecular weight excluding hydrogens is 244 g/mol. The summed E-state index contributed by atoms with van der Waals surface area (Å²) in [5.41, 5.74) is 0.610. The average Bonchev–Trinajstić information content (AvgIpc) is 2.44. The smallest absolute Gasteiger partial charge is 0.168 e. The van der Waals surface area contributed by atoms with Crippen molar-refractivity contribution in [3.05, 3.63) is 29.8 Å². The molecule has 0 saturated carbocycles. The number of carbonyl (C=O) groups is 1. The lowest BCUT2D eigenvalue weighted by Crippen LogP contribution is -2.10. The summed E-state index contributed by atoms with van der Waals surface area (Å²) in [6.07, 6.45) is 1.34. The van der Waals surface area contributed by atoms with E-state index in [0.717, 1.165) is 6.42 Å². The highest BCUT2D eigenvalue weighted by Crippen LogP contribution is 2.19. The summed E-state index contributed by atoms with van der Waals surface area (Å²) in [6.45, 7) is 4.13. The minimum atomic E-state index is 0.0455. The summed E-state index contributed by atoms with van der Waals surface area (Å²) in [4.78, 5) is 12.1. The maximum absolute atomic E-state index is 12.1. The van der Waals surface area contributed by atoms with Crippen LogP contribution in [0.1, 0.15) is 30.1 Å². The van der Waals surface area contributed by atoms with Crippen LogP contribution in [-0.4, -0.2) is 39.3 Å². The zero-order chi connectivity index (χ0) is 13.9. The Hall–Kier alpha value is -1.39. The monoisotopic (exact) mass is 266 g/mol. The van der Waals surface area contributed by atoms with Gasteiger partial charge >= 0.3 is 0 Å². The number of Topliss-reactive ketones (excluding diaryl/α,β-unsaturated/α-hetero) is 1. The predicted octanol–water partition coefficient (Wildman–Crippen LogP) is 2.71. The van der Waals surface area contributed by atoms with Crippen LogP contribution in [0, 0.1) is 0 Å². The molecule has 0 radical (unpaired) electrons. The third kappa shape index (κ3) is 5.85. The van der Waals surface area contributed by atoms with E-state index in [2.05, 4.69) is 0 Å². The molecule has 0 saturated heterocycles. The van der Waals surface area contributed by atoms with E-state index in [0.29, 0.717) is 44.2 Å². The lowest BCUT2D eigenvalue weighted by molar-refractivity contribution is 0.0872. The number of ether oxygens (including phenoxy) is 3. The molecule has 0 heterocycles. The summed E-state index contributed by atoms with van der Waals surface area (Å²) >= 11 is 0. The molecular formula is C15H22O4. The van der Waals surface area contributed by atoms with E-state index in [1.54, 1.807) is 19.2 Å². The van der Waals surface area contributed by atoms with Gasteiger partial charge in [0, 0.05) is 20.1 Å². The van der Waals surface area contributed by atoms with Crippen molar-refractivity contribution in [2.24, 2.45) is 0 Å².